The van der Waals surface area contributed by atoms with E-state index in [0.29, 0.717) is 11.5 Å². The quantitative estimate of drug-likeness (QED) is 0.835. The van der Waals surface area contributed by atoms with Crippen LogP contribution >= 0.6 is 0 Å². The first kappa shape index (κ1) is 12.4. The Labute approximate surface area is 94.8 Å². The Balaban J connectivity index is 2.99. The Morgan fingerprint density at radius 3 is 2.50 bits per heavy atom. The lowest BCUT2D eigenvalue weighted by Gasteiger charge is -2.14. The van der Waals surface area contributed by atoms with E-state index in [1.54, 1.807) is 6.07 Å². The molecule has 88 valence electrons. The van der Waals surface area contributed by atoms with E-state index in [2.05, 4.69) is 0 Å². The molecule has 0 aromatic heterocycles. The maximum absolute atomic E-state index is 10.9. The second-order valence-electron chi connectivity index (χ2n) is 3.54. The summed E-state index contributed by atoms with van der Waals surface area (Å²) in [4.78, 5) is 10.9. The van der Waals surface area contributed by atoms with Gasteiger partial charge in [0, 0.05) is 6.07 Å². The molecule has 0 unspecified atom stereocenters. The van der Waals surface area contributed by atoms with Gasteiger partial charge in [0.25, 0.3) is 0 Å². The van der Waals surface area contributed by atoms with Gasteiger partial charge >= 0.3 is 5.97 Å². The maximum Gasteiger partial charge on any atom is 0.335 e. The SMILES string of the molecule is CC[C@@H](C)Oc1cc(OC)cc(C(=O)O)c1. The molecule has 1 aromatic rings. The Morgan fingerprint density at radius 2 is 2.00 bits per heavy atom. The van der Waals surface area contributed by atoms with Gasteiger partial charge in [0.15, 0.2) is 0 Å². The second kappa shape index (κ2) is 5.39. The summed E-state index contributed by atoms with van der Waals surface area (Å²) in [6.45, 7) is 3.93. The molecule has 4 heteroatoms. The van der Waals surface area contributed by atoms with Crippen LogP contribution in [0.25, 0.3) is 0 Å². The lowest BCUT2D eigenvalue weighted by Crippen LogP contribution is -2.10. The van der Waals surface area contributed by atoms with Crippen molar-refractivity contribution in [3.63, 3.8) is 0 Å². The van der Waals surface area contributed by atoms with Gasteiger partial charge in [-0.15, -0.1) is 0 Å². The molecule has 0 radical (unpaired) electrons. The van der Waals surface area contributed by atoms with E-state index in [9.17, 15) is 4.79 Å². The minimum Gasteiger partial charge on any atom is -0.497 e. The lowest BCUT2D eigenvalue weighted by molar-refractivity contribution is 0.0695. The number of benzene rings is 1. The predicted octanol–water partition coefficient (Wildman–Crippen LogP) is 2.57. The fourth-order valence-corrected chi connectivity index (χ4v) is 1.20. The molecule has 1 rings (SSSR count). The first-order valence-electron chi connectivity index (χ1n) is 5.15. The highest BCUT2D eigenvalue weighted by Crippen LogP contribution is 2.24. The molecule has 0 heterocycles. The van der Waals surface area contributed by atoms with E-state index in [4.69, 9.17) is 14.6 Å². The van der Waals surface area contributed by atoms with Crippen LogP contribution in [0.5, 0.6) is 11.5 Å². The number of carboxylic acids is 1. The third-order valence-corrected chi connectivity index (χ3v) is 2.27. The van der Waals surface area contributed by atoms with Crippen molar-refractivity contribution in [3.8, 4) is 11.5 Å². The number of carbonyl (C=O) groups is 1. The number of methoxy groups -OCH3 is 1. The number of carboxylic acid groups (broad SMARTS) is 1. The largest absolute Gasteiger partial charge is 0.497 e. The first-order valence-corrected chi connectivity index (χ1v) is 5.15. The average molecular weight is 224 g/mol. The summed E-state index contributed by atoms with van der Waals surface area (Å²) in [5, 5.41) is 8.91. The molecule has 0 bridgehead atoms. The Hall–Kier alpha value is -1.71. The third kappa shape index (κ3) is 3.15. The monoisotopic (exact) mass is 224 g/mol. The van der Waals surface area contributed by atoms with E-state index in [0.717, 1.165) is 6.42 Å². The fraction of sp³-hybridized carbons (Fsp3) is 0.417. The summed E-state index contributed by atoms with van der Waals surface area (Å²) in [5.74, 6) is 0.0113. The molecule has 0 fully saturated rings. The second-order valence-corrected chi connectivity index (χ2v) is 3.54. The van der Waals surface area contributed by atoms with Crippen molar-refractivity contribution in [2.75, 3.05) is 7.11 Å². The average Bonchev–Trinajstić information content (AvgIpc) is 2.28. The fourth-order valence-electron chi connectivity index (χ4n) is 1.20. The van der Waals surface area contributed by atoms with E-state index in [1.165, 1.54) is 19.2 Å². The van der Waals surface area contributed by atoms with Crippen molar-refractivity contribution in [1.29, 1.82) is 0 Å². The van der Waals surface area contributed by atoms with Crippen LogP contribution in [0.2, 0.25) is 0 Å². The molecule has 0 saturated carbocycles. The molecule has 0 aliphatic carbocycles. The van der Waals surface area contributed by atoms with Gasteiger partial charge in [0.05, 0.1) is 18.8 Å². The van der Waals surface area contributed by atoms with Crippen LogP contribution in [0, 0.1) is 0 Å². The topological polar surface area (TPSA) is 55.8 Å². The number of ether oxygens (including phenoxy) is 2. The zero-order chi connectivity index (χ0) is 12.1. The molecule has 0 aliphatic heterocycles. The van der Waals surface area contributed by atoms with Crippen molar-refractivity contribution >= 4 is 5.97 Å². The van der Waals surface area contributed by atoms with Crippen molar-refractivity contribution in [1.82, 2.24) is 0 Å². The number of rotatable bonds is 5. The highest BCUT2D eigenvalue weighted by atomic mass is 16.5. The Morgan fingerprint density at radius 1 is 1.38 bits per heavy atom. The first-order chi connectivity index (χ1) is 7.56. The summed E-state index contributed by atoms with van der Waals surface area (Å²) in [6.07, 6.45) is 0.910. The molecule has 0 aliphatic rings. The van der Waals surface area contributed by atoms with Crippen molar-refractivity contribution in [2.45, 2.75) is 26.4 Å². The maximum atomic E-state index is 10.9. The van der Waals surface area contributed by atoms with Crippen LogP contribution in [-0.2, 0) is 0 Å². The summed E-state index contributed by atoms with van der Waals surface area (Å²) < 4.78 is 10.6. The predicted molar refractivity (Wildman–Crippen MR) is 60.3 cm³/mol. The van der Waals surface area contributed by atoms with Gasteiger partial charge in [-0.25, -0.2) is 4.79 Å². The van der Waals surface area contributed by atoms with Crippen LogP contribution in [0.15, 0.2) is 18.2 Å². The van der Waals surface area contributed by atoms with Crippen molar-refractivity contribution in [2.24, 2.45) is 0 Å². The van der Waals surface area contributed by atoms with Crippen molar-refractivity contribution < 1.29 is 19.4 Å². The molecule has 0 saturated heterocycles. The molecule has 0 amide bonds. The Kier molecular flexibility index (Phi) is 4.17. The molecule has 4 nitrogen and oxygen atoms in total. The van der Waals surface area contributed by atoms with Crippen LogP contribution in [-0.4, -0.2) is 24.3 Å². The molecule has 1 N–H and O–H groups in total. The van der Waals surface area contributed by atoms with Crippen LogP contribution in [0.1, 0.15) is 30.6 Å². The minimum atomic E-state index is -0.993. The summed E-state index contributed by atoms with van der Waals surface area (Å²) >= 11 is 0. The lowest BCUT2D eigenvalue weighted by atomic mass is 10.2. The summed E-state index contributed by atoms with van der Waals surface area (Å²) in [7, 11) is 1.49. The van der Waals surface area contributed by atoms with Gasteiger partial charge in [0.1, 0.15) is 11.5 Å². The summed E-state index contributed by atoms with van der Waals surface area (Å²) in [6, 6.07) is 4.64. The van der Waals surface area contributed by atoms with Gasteiger partial charge in [-0.1, -0.05) is 6.92 Å². The highest BCUT2D eigenvalue weighted by molar-refractivity contribution is 5.88. The smallest absolute Gasteiger partial charge is 0.335 e. The van der Waals surface area contributed by atoms with Gasteiger partial charge in [-0.05, 0) is 25.5 Å². The van der Waals surface area contributed by atoms with Gasteiger partial charge < -0.3 is 14.6 Å². The van der Waals surface area contributed by atoms with Crippen LogP contribution < -0.4 is 9.47 Å². The molecule has 0 spiro atoms. The zero-order valence-corrected chi connectivity index (χ0v) is 9.69. The molecule has 1 aromatic carbocycles. The highest BCUT2D eigenvalue weighted by Gasteiger charge is 2.09. The molecular weight excluding hydrogens is 208 g/mol. The zero-order valence-electron chi connectivity index (χ0n) is 9.69. The number of hydrogen-bond donors (Lipinski definition) is 1. The van der Waals surface area contributed by atoms with Crippen molar-refractivity contribution in [3.05, 3.63) is 23.8 Å². The van der Waals surface area contributed by atoms with Crippen LogP contribution in [0.4, 0.5) is 0 Å². The minimum absolute atomic E-state index is 0.0498. The van der Waals surface area contributed by atoms with E-state index >= 15 is 0 Å². The van der Waals surface area contributed by atoms with E-state index in [-0.39, 0.29) is 11.7 Å². The van der Waals surface area contributed by atoms with Gasteiger partial charge in [-0.3, -0.25) is 0 Å². The standard InChI is InChI=1S/C12H16O4/c1-4-8(2)16-11-6-9(12(13)14)5-10(7-11)15-3/h5-8H,4H2,1-3H3,(H,13,14)/t8-/m1/s1. The molecule has 16 heavy (non-hydrogen) atoms. The molecule has 1 atom stereocenters. The third-order valence-electron chi connectivity index (χ3n) is 2.27. The number of hydrogen-bond acceptors (Lipinski definition) is 3. The normalized spacial score (nSPS) is 11.9. The Bertz CT molecular complexity index is 373. The van der Waals surface area contributed by atoms with E-state index in [1.807, 2.05) is 13.8 Å². The molecular formula is C12H16O4. The van der Waals surface area contributed by atoms with E-state index < -0.39 is 5.97 Å². The van der Waals surface area contributed by atoms with Gasteiger partial charge in [-0.2, -0.15) is 0 Å². The van der Waals surface area contributed by atoms with Crippen LogP contribution in [0.3, 0.4) is 0 Å². The van der Waals surface area contributed by atoms with Gasteiger partial charge in [0.2, 0.25) is 0 Å². The number of aromatic carboxylic acids is 1. The summed E-state index contributed by atoms with van der Waals surface area (Å²) in [5.41, 5.74) is 0.164.